The molecular weight excluding hydrogens is 608 g/mol. The fourth-order valence-corrected chi connectivity index (χ4v) is 14.3. The van der Waals surface area contributed by atoms with Gasteiger partial charge >= 0.3 is 0 Å². The van der Waals surface area contributed by atoms with E-state index in [2.05, 4.69) is 53.4 Å². The van der Waals surface area contributed by atoms with Crippen molar-refractivity contribution >= 4 is 17.6 Å². The van der Waals surface area contributed by atoms with Crippen LogP contribution in [0.3, 0.4) is 0 Å². The predicted octanol–water partition coefficient (Wildman–Crippen LogP) is 7.84. The van der Waals surface area contributed by atoms with Crippen molar-refractivity contribution in [2.45, 2.75) is 137 Å². The summed E-state index contributed by atoms with van der Waals surface area (Å²) in [4.78, 5) is 47.3. The van der Waals surface area contributed by atoms with Crippen LogP contribution in [0.1, 0.15) is 129 Å². The van der Waals surface area contributed by atoms with Gasteiger partial charge in [0.1, 0.15) is 0 Å². The number of carbonyl (C=O) groups is 3. The number of hydrogen-bond acceptors (Lipinski definition) is 4. The van der Waals surface area contributed by atoms with E-state index in [-0.39, 0.29) is 69.3 Å². The van der Waals surface area contributed by atoms with Gasteiger partial charge in [-0.05, 0) is 133 Å². The van der Waals surface area contributed by atoms with Crippen molar-refractivity contribution in [3.63, 3.8) is 0 Å². The normalized spacial score (nSPS) is 44.0. The zero-order valence-corrected chi connectivity index (χ0v) is 31.2. The van der Waals surface area contributed by atoms with Crippen LogP contribution in [0.4, 0.5) is 0 Å². The molecule has 6 heteroatoms. The van der Waals surface area contributed by atoms with Crippen LogP contribution < -0.4 is 0 Å². The molecule has 0 spiro atoms. The summed E-state index contributed by atoms with van der Waals surface area (Å²) in [7, 11) is 0. The third-order valence-corrected chi connectivity index (χ3v) is 16.8. The van der Waals surface area contributed by atoms with Gasteiger partial charge in [-0.15, -0.1) is 0 Å². The topological polar surface area (TPSA) is 77.9 Å². The Labute approximate surface area is 294 Å². The Morgan fingerprint density at radius 1 is 0.796 bits per heavy atom. The molecule has 2 amide bonds. The molecule has 2 heterocycles. The molecule has 2 saturated heterocycles. The minimum Gasteiger partial charge on any atom is -0.393 e. The lowest BCUT2D eigenvalue weighted by atomic mass is 9.33. The van der Waals surface area contributed by atoms with Crippen LogP contribution in [0.25, 0.3) is 0 Å². The highest BCUT2D eigenvalue weighted by Gasteiger charge is 2.71. The van der Waals surface area contributed by atoms with Gasteiger partial charge in [-0.25, -0.2) is 0 Å². The Balaban J connectivity index is 1.13. The lowest BCUT2D eigenvalue weighted by molar-refractivity contribution is -0.228. The summed E-state index contributed by atoms with van der Waals surface area (Å²) in [5, 5.41) is 11.1. The van der Waals surface area contributed by atoms with Crippen molar-refractivity contribution in [2.24, 2.45) is 50.7 Å². The van der Waals surface area contributed by atoms with Crippen molar-refractivity contribution in [1.82, 2.24) is 9.80 Å². The number of ketones is 1. The van der Waals surface area contributed by atoms with E-state index in [1.165, 1.54) is 5.57 Å². The first-order chi connectivity index (χ1) is 23.1. The standard InChI is InChI=1S/C43H60N2O4/c1-26(2)35-31(46)23-43(38(49)45-28-13-14-29(45)25-44(24-28)37(48)27-11-9-8-10-12-27)22-21-41(6)30(36(35)43)15-16-33-40(5)19-18-34(47)39(3,4)32(40)17-20-42(33,41)7/h8-12,26,28-30,32-34,47H,13-25H2,1-7H3/t28?,29?,30-,32+,33-,34+,40+,41-,42-,43-/m1/s1. The van der Waals surface area contributed by atoms with Crippen LogP contribution in [-0.4, -0.2) is 63.8 Å². The number of carbonyl (C=O) groups excluding carboxylic acids is 3. The average molecular weight is 669 g/mol. The van der Waals surface area contributed by atoms with Gasteiger partial charge in [-0.2, -0.15) is 0 Å². The quantitative estimate of drug-likeness (QED) is 0.356. The third-order valence-electron chi connectivity index (χ3n) is 16.8. The number of aliphatic hydroxyl groups is 1. The molecule has 2 aliphatic heterocycles. The van der Waals surface area contributed by atoms with E-state index < -0.39 is 5.41 Å². The fourth-order valence-electron chi connectivity index (χ4n) is 14.3. The second kappa shape index (κ2) is 11.0. The van der Waals surface area contributed by atoms with E-state index in [9.17, 15) is 14.7 Å². The van der Waals surface area contributed by atoms with Crippen LogP contribution in [-0.2, 0) is 9.59 Å². The van der Waals surface area contributed by atoms with E-state index in [4.69, 9.17) is 0 Å². The van der Waals surface area contributed by atoms with Gasteiger partial charge in [0, 0.05) is 37.2 Å². The van der Waals surface area contributed by atoms with E-state index >= 15 is 4.79 Å². The van der Waals surface area contributed by atoms with Gasteiger partial charge in [0.25, 0.3) is 5.91 Å². The highest BCUT2D eigenvalue weighted by Crippen LogP contribution is 2.76. The van der Waals surface area contributed by atoms with E-state index in [1.807, 2.05) is 35.2 Å². The molecule has 10 atom stereocenters. The molecule has 5 aliphatic carbocycles. The Morgan fingerprint density at radius 2 is 1.47 bits per heavy atom. The molecule has 4 saturated carbocycles. The minimum atomic E-state index is -0.742. The number of hydrogen-bond donors (Lipinski definition) is 1. The molecule has 0 aromatic heterocycles. The van der Waals surface area contributed by atoms with E-state index in [0.717, 1.165) is 69.8 Å². The summed E-state index contributed by atoms with van der Waals surface area (Å²) >= 11 is 0. The Morgan fingerprint density at radius 3 is 2.12 bits per heavy atom. The van der Waals surface area contributed by atoms with Crippen molar-refractivity contribution < 1.29 is 19.5 Å². The number of allylic oxidation sites excluding steroid dienone is 1. The van der Waals surface area contributed by atoms with Crippen molar-refractivity contribution in [1.29, 1.82) is 0 Å². The smallest absolute Gasteiger partial charge is 0.253 e. The number of benzene rings is 1. The van der Waals surface area contributed by atoms with Gasteiger partial charge in [0.05, 0.1) is 11.5 Å². The maximum atomic E-state index is 15.4. The third kappa shape index (κ3) is 4.37. The molecule has 1 aromatic carbocycles. The number of piperazine rings is 1. The van der Waals surface area contributed by atoms with Gasteiger partial charge in [0.15, 0.2) is 5.78 Å². The van der Waals surface area contributed by atoms with Crippen molar-refractivity contribution in [2.75, 3.05) is 13.1 Å². The zero-order valence-electron chi connectivity index (χ0n) is 31.2. The highest BCUT2D eigenvalue weighted by molar-refractivity contribution is 6.07. The predicted molar refractivity (Wildman–Crippen MR) is 191 cm³/mol. The molecule has 1 aromatic rings. The Bertz CT molecular complexity index is 1580. The van der Waals surface area contributed by atoms with E-state index in [0.29, 0.717) is 36.9 Å². The van der Waals surface area contributed by atoms with E-state index in [1.54, 1.807) is 0 Å². The zero-order chi connectivity index (χ0) is 34.9. The number of fused-ring (bicyclic) bond motifs is 9. The van der Waals surface area contributed by atoms with Crippen LogP contribution >= 0.6 is 0 Å². The molecule has 2 unspecified atom stereocenters. The molecular formula is C43H60N2O4. The maximum absolute atomic E-state index is 15.4. The second-order valence-corrected chi connectivity index (χ2v) is 19.3. The van der Waals surface area contributed by atoms with Crippen molar-refractivity contribution in [3.8, 4) is 0 Å². The monoisotopic (exact) mass is 668 g/mol. The number of likely N-dealkylation sites (tertiary alicyclic amines) is 1. The number of aliphatic hydroxyl groups excluding tert-OH is 1. The fraction of sp³-hybridized carbons (Fsp3) is 0.744. The largest absolute Gasteiger partial charge is 0.393 e. The highest BCUT2D eigenvalue weighted by atomic mass is 16.3. The molecule has 266 valence electrons. The molecule has 1 N–H and O–H groups in total. The molecule has 0 radical (unpaired) electrons. The van der Waals surface area contributed by atoms with Crippen LogP contribution in [0.5, 0.6) is 0 Å². The van der Waals surface area contributed by atoms with Crippen molar-refractivity contribution in [3.05, 3.63) is 47.0 Å². The lowest BCUT2D eigenvalue weighted by Gasteiger charge is -2.72. The summed E-state index contributed by atoms with van der Waals surface area (Å²) in [6.45, 7) is 17.8. The number of nitrogens with zero attached hydrogens (tertiary/aromatic N) is 2. The summed E-state index contributed by atoms with van der Waals surface area (Å²) < 4.78 is 0. The average Bonchev–Trinajstić information content (AvgIpc) is 3.52. The second-order valence-electron chi connectivity index (χ2n) is 19.3. The van der Waals surface area contributed by atoms with Gasteiger partial charge in [0.2, 0.25) is 5.91 Å². The van der Waals surface area contributed by atoms with Crippen LogP contribution in [0.2, 0.25) is 0 Å². The lowest BCUT2D eigenvalue weighted by Crippen LogP contribution is -2.66. The van der Waals surface area contributed by atoms with Gasteiger partial charge in [-0.3, -0.25) is 14.4 Å². The molecule has 7 aliphatic rings. The molecule has 8 rings (SSSR count). The number of Topliss-reactive ketones (excluding diaryl/α,β-unsaturated/α-hetero) is 1. The maximum Gasteiger partial charge on any atom is 0.253 e. The number of amides is 2. The van der Waals surface area contributed by atoms with Gasteiger partial charge < -0.3 is 14.9 Å². The Kier molecular flexibility index (Phi) is 7.57. The van der Waals surface area contributed by atoms with Gasteiger partial charge in [-0.1, -0.05) is 66.7 Å². The Hall–Kier alpha value is -2.47. The first-order valence-electron chi connectivity index (χ1n) is 19.7. The first-order valence-corrected chi connectivity index (χ1v) is 19.7. The minimum absolute atomic E-state index is 0.00770. The van der Waals surface area contributed by atoms with Crippen LogP contribution in [0.15, 0.2) is 41.5 Å². The summed E-state index contributed by atoms with van der Waals surface area (Å²) in [6, 6.07) is 9.54. The molecule has 6 fully saturated rings. The SMILES string of the molecule is CC(C)C1=C2[C@H]3CC[C@@H]4[C@@]5(C)CC[C@H](O)C(C)(C)[C@@H]5CC[C@@]4(C)[C@]3(C)CC[C@@]2(C(=O)N2C3CCC2CN(C(=O)c2ccccc2)C3)CC1=O. The summed E-state index contributed by atoms with van der Waals surface area (Å²) in [5.74, 6) is 1.86. The molecule has 49 heavy (non-hydrogen) atoms. The van der Waals surface area contributed by atoms with Crippen LogP contribution in [0, 0.1) is 50.7 Å². The number of rotatable bonds is 3. The summed E-state index contributed by atoms with van der Waals surface area (Å²) in [5.41, 5.74) is 2.39. The molecule has 6 nitrogen and oxygen atoms in total. The molecule has 2 bridgehead atoms. The first kappa shape index (κ1) is 33.7. The summed E-state index contributed by atoms with van der Waals surface area (Å²) in [6.07, 6.45) is 10.1.